The molecule has 4 nitrogen and oxygen atoms in total. The third kappa shape index (κ3) is 4.22. The maximum absolute atomic E-state index is 12.0. The van der Waals surface area contributed by atoms with Gasteiger partial charge in [0.25, 0.3) is 0 Å². The minimum atomic E-state index is -0.261. The molecule has 0 spiro atoms. The van der Waals surface area contributed by atoms with Crippen molar-refractivity contribution in [2.75, 3.05) is 24.6 Å². The Bertz CT molecular complexity index is 271. The molecule has 1 unspecified atom stereocenters. The molecule has 5 heteroatoms. The number of nitrogens with zero attached hydrogens (tertiary/aromatic N) is 1. The van der Waals surface area contributed by atoms with Crippen LogP contribution in [-0.2, 0) is 9.59 Å². The molecule has 1 aliphatic rings. The average Bonchev–Trinajstić information content (AvgIpc) is 2.34. The number of amides is 2. The fourth-order valence-electron chi connectivity index (χ4n) is 1.91. The van der Waals surface area contributed by atoms with Gasteiger partial charge in [0.2, 0.25) is 11.8 Å². The minimum Gasteiger partial charge on any atom is -0.353 e. The molecule has 1 heterocycles. The van der Waals surface area contributed by atoms with Gasteiger partial charge in [0.15, 0.2) is 0 Å². The number of rotatable bonds is 6. The number of carbonyl (C=O) groups excluding carboxylic acids is 2. The summed E-state index contributed by atoms with van der Waals surface area (Å²) in [4.78, 5) is 25.3. The van der Waals surface area contributed by atoms with Crippen molar-refractivity contribution >= 4 is 23.6 Å². The molecular formula is C12H22N2O2S. The Morgan fingerprint density at radius 1 is 1.53 bits per heavy atom. The molecule has 0 aromatic carbocycles. The molecule has 2 amide bonds. The standard InChI is InChI=1S/C12H22N2O2S/c1-3-5-8-17-9-11(15)14-7-6-13-12(16)10(14)4-2/h10H,3-9H2,1-2H3,(H,13,16). The summed E-state index contributed by atoms with van der Waals surface area (Å²) in [6, 6.07) is -0.261. The molecule has 0 aliphatic carbocycles. The van der Waals surface area contributed by atoms with Gasteiger partial charge < -0.3 is 10.2 Å². The van der Waals surface area contributed by atoms with Gasteiger partial charge in [-0.2, -0.15) is 11.8 Å². The molecule has 1 atom stereocenters. The first-order valence-electron chi connectivity index (χ1n) is 6.35. The van der Waals surface area contributed by atoms with E-state index in [0.29, 0.717) is 25.3 Å². The highest BCUT2D eigenvalue weighted by Crippen LogP contribution is 2.12. The van der Waals surface area contributed by atoms with Gasteiger partial charge in [-0.1, -0.05) is 20.3 Å². The smallest absolute Gasteiger partial charge is 0.242 e. The van der Waals surface area contributed by atoms with Crippen molar-refractivity contribution in [1.29, 1.82) is 0 Å². The third-order valence-corrected chi connectivity index (χ3v) is 3.93. The van der Waals surface area contributed by atoms with Crippen LogP contribution in [0.5, 0.6) is 0 Å². The zero-order valence-corrected chi connectivity index (χ0v) is 11.5. The third-order valence-electron chi connectivity index (χ3n) is 2.91. The summed E-state index contributed by atoms with van der Waals surface area (Å²) in [6.45, 7) is 5.32. The summed E-state index contributed by atoms with van der Waals surface area (Å²) in [5, 5.41) is 2.80. The lowest BCUT2D eigenvalue weighted by atomic mass is 10.1. The predicted octanol–water partition coefficient (Wildman–Crippen LogP) is 1.26. The molecule has 0 radical (unpaired) electrons. The topological polar surface area (TPSA) is 49.4 Å². The molecule has 17 heavy (non-hydrogen) atoms. The predicted molar refractivity (Wildman–Crippen MR) is 71.0 cm³/mol. The lowest BCUT2D eigenvalue weighted by Gasteiger charge is -2.34. The van der Waals surface area contributed by atoms with Gasteiger partial charge in [-0.25, -0.2) is 0 Å². The van der Waals surface area contributed by atoms with E-state index in [1.54, 1.807) is 16.7 Å². The van der Waals surface area contributed by atoms with E-state index in [4.69, 9.17) is 0 Å². The fraction of sp³-hybridized carbons (Fsp3) is 0.833. The van der Waals surface area contributed by atoms with Gasteiger partial charge >= 0.3 is 0 Å². The Labute approximate surface area is 108 Å². The van der Waals surface area contributed by atoms with E-state index in [1.807, 2.05) is 6.92 Å². The van der Waals surface area contributed by atoms with Crippen LogP contribution in [0.3, 0.4) is 0 Å². The number of hydrogen-bond donors (Lipinski definition) is 1. The van der Waals surface area contributed by atoms with Crippen LogP contribution in [0.15, 0.2) is 0 Å². The monoisotopic (exact) mass is 258 g/mol. The highest BCUT2D eigenvalue weighted by Gasteiger charge is 2.30. The number of thioether (sulfide) groups is 1. The Balaban J connectivity index is 2.40. The average molecular weight is 258 g/mol. The van der Waals surface area contributed by atoms with Gasteiger partial charge in [0.05, 0.1) is 5.75 Å². The van der Waals surface area contributed by atoms with E-state index in [0.717, 1.165) is 18.6 Å². The van der Waals surface area contributed by atoms with Gasteiger partial charge in [-0.15, -0.1) is 0 Å². The zero-order valence-electron chi connectivity index (χ0n) is 10.7. The second-order valence-corrected chi connectivity index (χ2v) is 5.31. The molecule has 98 valence electrons. The Morgan fingerprint density at radius 2 is 2.29 bits per heavy atom. The molecule has 0 bridgehead atoms. The first kappa shape index (κ1) is 14.4. The minimum absolute atomic E-state index is 0.00865. The van der Waals surface area contributed by atoms with Crippen molar-refractivity contribution in [3.8, 4) is 0 Å². The Kier molecular flexibility index (Phi) is 6.40. The van der Waals surface area contributed by atoms with E-state index >= 15 is 0 Å². The molecule has 0 aromatic rings. The molecule has 1 N–H and O–H groups in total. The SMILES string of the molecule is CCCCSCC(=O)N1CCNC(=O)C1CC. The largest absolute Gasteiger partial charge is 0.353 e. The van der Waals surface area contributed by atoms with Crippen LogP contribution in [0.4, 0.5) is 0 Å². The molecular weight excluding hydrogens is 236 g/mol. The highest BCUT2D eigenvalue weighted by atomic mass is 32.2. The van der Waals surface area contributed by atoms with Crippen LogP contribution in [0.1, 0.15) is 33.1 Å². The molecule has 1 fully saturated rings. The number of piperazine rings is 1. The second-order valence-electron chi connectivity index (χ2n) is 4.21. The lowest BCUT2D eigenvalue weighted by molar-refractivity contribution is -0.141. The Hall–Kier alpha value is -0.710. The van der Waals surface area contributed by atoms with Crippen LogP contribution in [-0.4, -0.2) is 47.4 Å². The second kappa shape index (κ2) is 7.58. The number of unbranched alkanes of at least 4 members (excludes halogenated alkanes) is 1. The van der Waals surface area contributed by atoms with E-state index in [-0.39, 0.29) is 17.9 Å². The van der Waals surface area contributed by atoms with Gasteiger partial charge in [-0.3, -0.25) is 9.59 Å². The van der Waals surface area contributed by atoms with Crippen molar-refractivity contribution < 1.29 is 9.59 Å². The first-order chi connectivity index (χ1) is 8.20. The summed E-state index contributed by atoms with van der Waals surface area (Å²) in [5.41, 5.74) is 0. The quantitative estimate of drug-likeness (QED) is 0.730. The summed E-state index contributed by atoms with van der Waals surface area (Å²) in [7, 11) is 0. The van der Waals surface area contributed by atoms with Gasteiger partial charge in [0, 0.05) is 13.1 Å². The number of nitrogens with one attached hydrogen (secondary N) is 1. The summed E-state index contributed by atoms with van der Waals surface area (Å²) >= 11 is 1.67. The van der Waals surface area contributed by atoms with Crippen LogP contribution < -0.4 is 5.32 Å². The van der Waals surface area contributed by atoms with E-state index < -0.39 is 0 Å². The van der Waals surface area contributed by atoms with Gasteiger partial charge in [0.1, 0.15) is 6.04 Å². The van der Waals surface area contributed by atoms with E-state index in [2.05, 4.69) is 12.2 Å². The summed E-state index contributed by atoms with van der Waals surface area (Å²) in [6.07, 6.45) is 3.00. The van der Waals surface area contributed by atoms with Crippen molar-refractivity contribution in [2.45, 2.75) is 39.2 Å². The molecule has 1 rings (SSSR count). The lowest BCUT2D eigenvalue weighted by Crippen LogP contribution is -2.57. The van der Waals surface area contributed by atoms with Gasteiger partial charge in [-0.05, 0) is 18.6 Å². The van der Waals surface area contributed by atoms with Crippen molar-refractivity contribution in [3.63, 3.8) is 0 Å². The highest BCUT2D eigenvalue weighted by molar-refractivity contribution is 7.99. The zero-order chi connectivity index (χ0) is 12.7. The van der Waals surface area contributed by atoms with Crippen molar-refractivity contribution in [1.82, 2.24) is 10.2 Å². The summed E-state index contributed by atoms with van der Waals surface area (Å²) < 4.78 is 0. The maximum atomic E-state index is 12.0. The van der Waals surface area contributed by atoms with Crippen LogP contribution in [0.25, 0.3) is 0 Å². The summed E-state index contributed by atoms with van der Waals surface area (Å²) in [5.74, 6) is 1.63. The first-order valence-corrected chi connectivity index (χ1v) is 7.51. The van der Waals surface area contributed by atoms with Crippen molar-refractivity contribution in [3.05, 3.63) is 0 Å². The van der Waals surface area contributed by atoms with Crippen molar-refractivity contribution in [2.24, 2.45) is 0 Å². The number of hydrogen-bond acceptors (Lipinski definition) is 3. The maximum Gasteiger partial charge on any atom is 0.242 e. The fourth-order valence-corrected chi connectivity index (χ4v) is 2.89. The van der Waals surface area contributed by atoms with Crippen LogP contribution in [0, 0.1) is 0 Å². The molecule has 1 aliphatic heterocycles. The van der Waals surface area contributed by atoms with E-state index in [1.165, 1.54) is 0 Å². The number of carbonyl (C=O) groups is 2. The normalized spacial score (nSPS) is 20.2. The van der Waals surface area contributed by atoms with Crippen LogP contribution in [0.2, 0.25) is 0 Å². The Morgan fingerprint density at radius 3 is 2.94 bits per heavy atom. The van der Waals surface area contributed by atoms with E-state index in [9.17, 15) is 9.59 Å². The van der Waals surface area contributed by atoms with Crippen LogP contribution >= 0.6 is 11.8 Å². The molecule has 0 aromatic heterocycles. The molecule has 1 saturated heterocycles. The molecule has 0 saturated carbocycles.